The van der Waals surface area contributed by atoms with Crippen molar-refractivity contribution in [1.29, 1.82) is 0 Å². The van der Waals surface area contributed by atoms with E-state index >= 15 is 0 Å². The van der Waals surface area contributed by atoms with Crippen LogP contribution in [0.1, 0.15) is 27.2 Å². The van der Waals surface area contributed by atoms with Crippen molar-refractivity contribution < 1.29 is 19.4 Å². The van der Waals surface area contributed by atoms with E-state index in [1.165, 1.54) is 26.0 Å². The highest BCUT2D eigenvalue weighted by atomic mass is 16.5. The fraction of sp³-hybridized carbons (Fsp3) is 0.833. The molecule has 0 rings (SSSR count). The van der Waals surface area contributed by atoms with Gasteiger partial charge in [0.15, 0.2) is 0 Å². The van der Waals surface area contributed by atoms with E-state index < -0.39 is 30.1 Å². The lowest BCUT2D eigenvalue weighted by atomic mass is 9.95. The second-order valence-corrected chi connectivity index (χ2v) is 4.89. The van der Waals surface area contributed by atoms with Crippen molar-refractivity contribution >= 4 is 11.9 Å². The summed E-state index contributed by atoms with van der Waals surface area (Å²) in [5, 5.41) is 12.6. The third-order valence-corrected chi connectivity index (χ3v) is 3.40. The Morgan fingerprint density at radius 2 is 2.10 bits per heavy atom. The van der Waals surface area contributed by atoms with Crippen molar-refractivity contribution in [3.63, 3.8) is 0 Å². The molecule has 0 radical (unpaired) electrons. The van der Waals surface area contributed by atoms with Crippen LogP contribution < -0.4 is 0 Å². The van der Waals surface area contributed by atoms with E-state index in [4.69, 9.17) is 10.3 Å². The van der Waals surface area contributed by atoms with E-state index in [1.54, 1.807) is 0 Å². The van der Waals surface area contributed by atoms with Gasteiger partial charge in [-0.2, -0.15) is 0 Å². The second kappa shape index (κ2) is 7.72. The molecule has 0 spiro atoms. The summed E-state index contributed by atoms with van der Waals surface area (Å²) in [6.45, 7) is 4.37. The van der Waals surface area contributed by atoms with Crippen LogP contribution in [-0.2, 0) is 14.3 Å². The molecule has 1 N–H and O–H groups in total. The highest BCUT2D eigenvalue weighted by Crippen LogP contribution is 2.21. The summed E-state index contributed by atoms with van der Waals surface area (Å²) in [6, 6.07) is -0.794. The molecule has 0 unspecified atom stereocenters. The van der Waals surface area contributed by atoms with Gasteiger partial charge in [0.05, 0.1) is 13.7 Å². The van der Waals surface area contributed by atoms with Crippen LogP contribution >= 0.6 is 0 Å². The number of nitrogens with zero attached hydrogens (tertiary/aromatic N) is 4. The van der Waals surface area contributed by atoms with Crippen LogP contribution in [0.2, 0.25) is 0 Å². The van der Waals surface area contributed by atoms with Gasteiger partial charge < -0.3 is 14.7 Å². The number of aliphatic hydroxyl groups is 1. The Morgan fingerprint density at radius 1 is 1.55 bits per heavy atom. The minimum absolute atomic E-state index is 0.134. The van der Waals surface area contributed by atoms with E-state index in [0.29, 0.717) is 6.42 Å². The highest BCUT2D eigenvalue weighted by molar-refractivity contribution is 5.90. The Morgan fingerprint density at radius 3 is 2.45 bits per heavy atom. The minimum atomic E-state index is -1.64. The molecule has 0 aromatic carbocycles. The van der Waals surface area contributed by atoms with Crippen molar-refractivity contribution in [2.24, 2.45) is 11.0 Å². The number of likely N-dealkylation sites (N-methyl/N-ethyl adjacent to an activating group) is 1. The number of rotatable bonds is 7. The summed E-state index contributed by atoms with van der Waals surface area (Å²) in [4.78, 5) is 28.0. The third kappa shape index (κ3) is 3.85. The summed E-state index contributed by atoms with van der Waals surface area (Å²) >= 11 is 0. The molecule has 1 amide bonds. The maximum atomic E-state index is 12.4. The summed E-state index contributed by atoms with van der Waals surface area (Å²) in [5.41, 5.74) is 6.86. The van der Waals surface area contributed by atoms with Gasteiger partial charge in [-0.1, -0.05) is 25.4 Å². The summed E-state index contributed by atoms with van der Waals surface area (Å²) in [5.74, 6) is -1.31. The zero-order valence-corrected chi connectivity index (χ0v) is 12.5. The molecule has 8 heteroatoms. The molecular formula is C12H22N4O4. The van der Waals surface area contributed by atoms with Gasteiger partial charge >= 0.3 is 5.97 Å². The lowest BCUT2D eigenvalue weighted by molar-refractivity contribution is -0.156. The van der Waals surface area contributed by atoms with E-state index in [1.807, 2.05) is 13.8 Å². The second-order valence-electron chi connectivity index (χ2n) is 4.89. The molecule has 0 aromatic rings. The fourth-order valence-corrected chi connectivity index (χ4v) is 1.86. The molecule has 0 bridgehead atoms. The van der Waals surface area contributed by atoms with Crippen LogP contribution in [0.5, 0.6) is 0 Å². The Labute approximate surface area is 118 Å². The number of amides is 1. The smallest absolute Gasteiger partial charge is 0.328 e. The van der Waals surface area contributed by atoms with E-state index in [0.717, 1.165) is 0 Å². The lowest BCUT2D eigenvalue weighted by Gasteiger charge is -2.34. The van der Waals surface area contributed by atoms with Crippen molar-refractivity contribution in [3.8, 4) is 0 Å². The Hall–Kier alpha value is -1.79. The van der Waals surface area contributed by atoms with Crippen molar-refractivity contribution in [2.45, 2.75) is 38.8 Å². The van der Waals surface area contributed by atoms with Crippen molar-refractivity contribution in [1.82, 2.24) is 4.90 Å². The normalized spacial score (nSPS) is 16.3. The molecule has 0 aliphatic heterocycles. The van der Waals surface area contributed by atoms with Gasteiger partial charge in [0, 0.05) is 12.0 Å². The van der Waals surface area contributed by atoms with Crippen LogP contribution in [0.25, 0.3) is 10.4 Å². The summed E-state index contributed by atoms with van der Waals surface area (Å²) in [7, 11) is 2.67. The topological polar surface area (TPSA) is 116 Å². The zero-order chi connectivity index (χ0) is 15.9. The molecule has 0 aliphatic carbocycles. The Balaban J connectivity index is 5.45. The largest absolute Gasteiger partial charge is 0.467 e. The van der Waals surface area contributed by atoms with Gasteiger partial charge in [-0.3, -0.25) is 4.79 Å². The molecular weight excluding hydrogens is 264 g/mol. The monoisotopic (exact) mass is 286 g/mol. The zero-order valence-electron chi connectivity index (χ0n) is 12.5. The summed E-state index contributed by atoms with van der Waals surface area (Å²) < 4.78 is 4.71. The van der Waals surface area contributed by atoms with Crippen molar-refractivity contribution in [2.75, 3.05) is 20.8 Å². The van der Waals surface area contributed by atoms with Gasteiger partial charge in [0.1, 0.15) is 11.6 Å². The first-order chi connectivity index (χ1) is 9.28. The SMILES string of the molecule is CC[C@H](C)[C@@H](C(=O)OC)N(C)C(=O)[C@](C)(CO)N=[N+]=[N-]. The van der Waals surface area contributed by atoms with E-state index in [2.05, 4.69) is 10.0 Å². The van der Waals surface area contributed by atoms with Gasteiger partial charge in [-0.05, 0) is 18.4 Å². The molecule has 3 atom stereocenters. The maximum Gasteiger partial charge on any atom is 0.328 e. The van der Waals surface area contributed by atoms with Gasteiger partial charge in [0.25, 0.3) is 0 Å². The first kappa shape index (κ1) is 18.2. The predicted octanol–water partition coefficient (Wildman–Crippen LogP) is 1.09. The standard InChI is InChI=1S/C12H22N4O4/c1-6-8(2)9(10(18)20-5)16(4)11(19)12(3,7-17)14-15-13/h8-9,17H,6-7H2,1-5H3/t8-,9-,12-/m0/s1. The number of aliphatic hydroxyl groups excluding tert-OH is 1. The fourth-order valence-electron chi connectivity index (χ4n) is 1.86. The van der Waals surface area contributed by atoms with Crippen LogP contribution in [0, 0.1) is 5.92 Å². The average molecular weight is 286 g/mol. The van der Waals surface area contributed by atoms with Crippen LogP contribution in [-0.4, -0.2) is 54.2 Å². The number of ether oxygens (including phenoxy) is 1. The van der Waals surface area contributed by atoms with Gasteiger partial charge in [-0.25, -0.2) is 4.79 Å². The maximum absolute atomic E-state index is 12.4. The van der Waals surface area contributed by atoms with E-state index in [-0.39, 0.29) is 5.92 Å². The third-order valence-electron chi connectivity index (χ3n) is 3.40. The van der Waals surface area contributed by atoms with Gasteiger partial charge in [0.2, 0.25) is 5.91 Å². The number of hydrogen-bond donors (Lipinski definition) is 1. The number of methoxy groups -OCH3 is 1. The number of carbonyl (C=O) groups is 2. The molecule has 114 valence electrons. The molecule has 20 heavy (non-hydrogen) atoms. The van der Waals surface area contributed by atoms with Gasteiger partial charge in [-0.15, -0.1) is 0 Å². The first-order valence-corrected chi connectivity index (χ1v) is 6.31. The molecule has 0 heterocycles. The van der Waals surface area contributed by atoms with Crippen LogP contribution in [0.3, 0.4) is 0 Å². The predicted molar refractivity (Wildman–Crippen MR) is 72.7 cm³/mol. The molecule has 0 aromatic heterocycles. The quantitative estimate of drug-likeness (QED) is 0.326. The number of azide groups is 1. The van der Waals surface area contributed by atoms with Crippen molar-refractivity contribution in [3.05, 3.63) is 10.4 Å². The average Bonchev–Trinajstić information content (AvgIpc) is 2.45. The number of esters is 1. The number of hydrogen-bond acceptors (Lipinski definition) is 5. The van der Waals surface area contributed by atoms with Crippen LogP contribution in [0.15, 0.2) is 5.11 Å². The molecule has 0 saturated heterocycles. The summed E-state index contributed by atoms with van der Waals surface area (Å²) in [6.07, 6.45) is 0.661. The van der Waals surface area contributed by atoms with E-state index in [9.17, 15) is 14.7 Å². The molecule has 8 nitrogen and oxygen atoms in total. The van der Waals surface area contributed by atoms with Crippen LogP contribution in [0.4, 0.5) is 0 Å². The lowest BCUT2D eigenvalue weighted by Crippen LogP contribution is -2.54. The molecule has 0 fully saturated rings. The number of carbonyl (C=O) groups excluding carboxylic acids is 2. The minimum Gasteiger partial charge on any atom is -0.467 e. The Bertz CT molecular complexity index is 408. The molecule has 0 aliphatic rings. The molecule has 0 saturated carbocycles. The Kier molecular flexibility index (Phi) is 7.02. The first-order valence-electron chi connectivity index (χ1n) is 6.31. The highest BCUT2D eigenvalue weighted by Gasteiger charge is 2.40.